The number of carbonyl (C=O) groups excluding carboxylic acids is 2. The fraction of sp³-hybridized carbons (Fsp3) is 0.364. The van der Waals surface area contributed by atoms with Crippen LogP contribution in [0.2, 0.25) is 10.0 Å². The third kappa shape index (κ3) is 6.28. The first-order valence-corrected chi connectivity index (χ1v) is 10.7. The first kappa shape index (κ1) is 22.2. The van der Waals surface area contributed by atoms with Gasteiger partial charge in [-0.15, -0.1) is 0 Å². The zero-order valence-electron chi connectivity index (χ0n) is 16.7. The van der Waals surface area contributed by atoms with Crippen LogP contribution in [-0.4, -0.2) is 56.0 Å². The zero-order chi connectivity index (χ0) is 21.3. The van der Waals surface area contributed by atoms with E-state index < -0.39 is 0 Å². The van der Waals surface area contributed by atoms with E-state index in [0.29, 0.717) is 41.9 Å². The monoisotopic (exact) mass is 449 g/mol. The van der Waals surface area contributed by atoms with Gasteiger partial charge < -0.3 is 19.9 Å². The highest BCUT2D eigenvalue weighted by molar-refractivity contribution is 6.42. The summed E-state index contributed by atoms with van der Waals surface area (Å²) in [6, 6.07) is 15.3. The molecule has 0 unspecified atom stereocenters. The maximum Gasteiger partial charge on any atom is 0.242 e. The summed E-state index contributed by atoms with van der Waals surface area (Å²) in [6.45, 7) is 3.23. The lowest BCUT2D eigenvalue weighted by Crippen LogP contribution is -2.51. The fourth-order valence-electron chi connectivity index (χ4n) is 3.24. The smallest absolute Gasteiger partial charge is 0.242 e. The highest BCUT2D eigenvalue weighted by atomic mass is 35.5. The van der Waals surface area contributed by atoms with Crippen LogP contribution in [0.5, 0.6) is 5.75 Å². The highest BCUT2D eigenvalue weighted by Crippen LogP contribution is 2.31. The summed E-state index contributed by atoms with van der Waals surface area (Å²) in [5.74, 6) is 0.263. The third-order valence-electron chi connectivity index (χ3n) is 4.91. The Kier molecular flexibility index (Phi) is 8.22. The average molecular weight is 450 g/mol. The summed E-state index contributed by atoms with van der Waals surface area (Å²) in [4.78, 5) is 28.4. The Morgan fingerprint density at radius 3 is 2.43 bits per heavy atom. The van der Waals surface area contributed by atoms with Crippen molar-refractivity contribution in [2.75, 3.05) is 44.2 Å². The maximum absolute atomic E-state index is 12.4. The quantitative estimate of drug-likeness (QED) is 0.625. The van der Waals surface area contributed by atoms with E-state index >= 15 is 0 Å². The molecular weight excluding hydrogens is 425 g/mol. The van der Waals surface area contributed by atoms with Crippen LogP contribution in [0.4, 0.5) is 5.69 Å². The Labute approximate surface area is 186 Å². The lowest BCUT2D eigenvalue weighted by molar-refractivity contribution is -0.133. The van der Waals surface area contributed by atoms with Crippen LogP contribution in [0.15, 0.2) is 48.5 Å². The van der Waals surface area contributed by atoms with Crippen molar-refractivity contribution in [3.63, 3.8) is 0 Å². The van der Waals surface area contributed by atoms with Crippen molar-refractivity contribution in [2.24, 2.45) is 0 Å². The number of ether oxygens (including phenoxy) is 1. The number of piperazine rings is 1. The van der Waals surface area contributed by atoms with Crippen LogP contribution in [0.1, 0.15) is 12.8 Å². The van der Waals surface area contributed by atoms with E-state index in [9.17, 15) is 9.59 Å². The predicted molar refractivity (Wildman–Crippen MR) is 119 cm³/mol. The minimum absolute atomic E-state index is 0.0190. The molecule has 2 amide bonds. The molecule has 8 heteroatoms. The fourth-order valence-corrected chi connectivity index (χ4v) is 3.58. The van der Waals surface area contributed by atoms with Crippen LogP contribution in [0.25, 0.3) is 0 Å². The Morgan fingerprint density at radius 1 is 0.967 bits per heavy atom. The molecule has 30 heavy (non-hydrogen) atoms. The van der Waals surface area contributed by atoms with Gasteiger partial charge in [0.15, 0.2) is 0 Å². The normalized spacial score (nSPS) is 13.8. The number of halogens is 2. The van der Waals surface area contributed by atoms with Crippen molar-refractivity contribution in [3.05, 3.63) is 58.6 Å². The molecule has 2 aromatic carbocycles. The third-order valence-corrected chi connectivity index (χ3v) is 5.71. The number of para-hydroxylation sites is 1. The molecule has 0 aliphatic carbocycles. The molecule has 2 aromatic rings. The molecule has 0 bridgehead atoms. The standard InChI is InChI=1S/C22H25Cl2N3O3/c23-18-8-4-9-19(22(18)24)30-15-5-10-20(28)25-16-21(29)27-13-11-26(12-14-27)17-6-2-1-3-7-17/h1-4,6-9H,5,10-16H2,(H,25,28). The van der Waals surface area contributed by atoms with Gasteiger partial charge >= 0.3 is 0 Å². The first-order chi connectivity index (χ1) is 14.5. The largest absolute Gasteiger partial charge is 0.492 e. The Balaban J connectivity index is 1.31. The molecule has 1 saturated heterocycles. The topological polar surface area (TPSA) is 61.9 Å². The Bertz CT molecular complexity index is 856. The number of amides is 2. The molecule has 0 radical (unpaired) electrons. The number of rotatable bonds is 8. The predicted octanol–water partition coefficient (Wildman–Crippen LogP) is 3.62. The minimum atomic E-state index is -0.174. The molecule has 1 N–H and O–H groups in total. The molecule has 1 aliphatic rings. The lowest BCUT2D eigenvalue weighted by atomic mass is 10.2. The van der Waals surface area contributed by atoms with Crippen LogP contribution in [0.3, 0.4) is 0 Å². The van der Waals surface area contributed by atoms with Gasteiger partial charge in [-0.25, -0.2) is 0 Å². The lowest BCUT2D eigenvalue weighted by Gasteiger charge is -2.36. The second-order valence-electron chi connectivity index (χ2n) is 6.98. The van der Waals surface area contributed by atoms with Crippen LogP contribution in [0, 0.1) is 0 Å². The molecule has 0 spiro atoms. The van der Waals surface area contributed by atoms with Gasteiger partial charge in [0.2, 0.25) is 11.8 Å². The first-order valence-electron chi connectivity index (χ1n) is 9.96. The molecule has 0 saturated carbocycles. The van der Waals surface area contributed by atoms with E-state index in [0.717, 1.165) is 13.1 Å². The summed E-state index contributed by atoms with van der Waals surface area (Å²) in [7, 11) is 0. The van der Waals surface area contributed by atoms with Crippen molar-refractivity contribution in [3.8, 4) is 5.75 Å². The van der Waals surface area contributed by atoms with E-state index in [4.69, 9.17) is 27.9 Å². The Morgan fingerprint density at radius 2 is 1.70 bits per heavy atom. The van der Waals surface area contributed by atoms with E-state index in [1.54, 1.807) is 23.1 Å². The van der Waals surface area contributed by atoms with Gasteiger partial charge in [-0.3, -0.25) is 9.59 Å². The SMILES string of the molecule is O=C(CCCOc1cccc(Cl)c1Cl)NCC(=O)N1CCN(c2ccccc2)CC1. The summed E-state index contributed by atoms with van der Waals surface area (Å²) in [6.07, 6.45) is 0.784. The van der Waals surface area contributed by atoms with Gasteiger partial charge in [-0.2, -0.15) is 0 Å². The van der Waals surface area contributed by atoms with Gasteiger partial charge in [0.25, 0.3) is 0 Å². The zero-order valence-corrected chi connectivity index (χ0v) is 18.2. The number of benzene rings is 2. The molecular formula is C22H25Cl2N3O3. The van der Waals surface area contributed by atoms with Crippen molar-refractivity contribution in [1.29, 1.82) is 0 Å². The molecule has 6 nitrogen and oxygen atoms in total. The molecule has 160 valence electrons. The summed E-state index contributed by atoms with van der Waals surface area (Å²) >= 11 is 12.0. The summed E-state index contributed by atoms with van der Waals surface area (Å²) in [5.41, 5.74) is 1.17. The number of carbonyl (C=O) groups is 2. The van der Waals surface area contributed by atoms with Crippen LogP contribution < -0.4 is 15.0 Å². The van der Waals surface area contributed by atoms with Gasteiger partial charge in [0, 0.05) is 38.3 Å². The van der Waals surface area contributed by atoms with E-state index in [-0.39, 0.29) is 24.8 Å². The minimum Gasteiger partial charge on any atom is -0.492 e. The van der Waals surface area contributed by atoms with Crippen LogP contribution >= 0.6 is 23.2 Å². The van der Waals surface area contributed by atoms with Crippen LogP contribution in [-0.2, 0) is 9.59 Å². The number of nitrogens with one attached hydrogen (secondary N) is 1. The number of hydrogen-bond acceptors (Lipinski definition) is 4. The molecule has 1 heterocycles. The summed E-state index contributed by atoms with van der Waals surface area (Å²) < 4.78 is 5.56. The Hall–Kier alpha value is -2.44. The van der Waals surface area contributed by atoms with Crippen molar-refractivity contribution in [2.45, 2.75) is 12.8 Å². The van der Waals surface area contributed by atoms with Crippen molar-refractivity contribution < 1.29 is 14.3 Å². The van der Waals surface area contributed by atoms with Gasteiger partial charge in [0.05, 0.1) is 18.2 Å². The molecule has 1 fully saturated rings. The van der Waals surface area contributed by atoms with E-state index in [2.05, 4.69) is 22.3 Å². The molecule has 3 rings (SSSR count). The van der Waals surface area contributed by atoms with Crippen molar-refractivity contribution in [1.82, 2.24) is 10.2 Å². The second kappa shape index (κ2) is 11.1. The second-order valence-corrected chi connectivity index (χ2v) is 7.77. The number of hydrogen-bond donors (Lipinski definition) is 1. The van der Waals surface area contributed by atoms with E-state index in [1.807, 2.05) is 18.2 Å². The van der Waals surface area contributed by atoms with Gasteiger partial charge in [-0.05, 0) is 30.7 Å². The van der Waals surface area contributed by atoms with Gasteiger partial charge in [0.1, 0.15) is 10.8 Å². The molecule has 0 atom stereocenters. The van der Waals surface area contributed by atoms with E-state index in [1.165, 1.54) is 5.69 Å². The average Bonchev–Trinajstić information content (AvgIpc) is 2.78. The van der Waals surface area contributed by atoms with Gasteiger partial charge in [-0.1, -0.05) is 47.5 Å². The molecule has 1 aliphatic heterocycles. The summed E-state index contributed by atoms with van der Waals surface area (Å²) in [5, 5.41) is 3.48. The molecule has 0 aromatic heterocycles. The number of nitrogens with zero attached hydrogens (tertiary/aromatic N) is 2. The number of anilines is 1. The maximum atomic E-state index is 12.4. The highest BCUT2D eigenvalue weighted by Gasteiger charge is 2.21. The van der Waals surface area contributed by atoms with Crippen molar-refractivity contribution >= 4 is 40.7 Å².